The number of benzene rings is 3. The first-order valence-electron chi connectivity index (χ1n) is 8.80. The van der Waals surface area contributed by atoms with Crippen LogP contribution in [0.5, 0.6) is 5.88 Å². The van der Waals surface area contributed by atoms with E-state index in [2.05, 4.69) is 14.7 Å². The van der Waals surface area contributed by atoms with Gasteiger partial charge in [-0.3, -0.25) is 4.72 Å². The van der Waals surface area contributed by atoms with Crippen LogP contribution < -0.4 is 4.72 Å². The monoisotopic (exact) mass is 421 g/mol. The van der Waals surface area contributed by atoms with Crippen LogP contribution in [0.15, 0.2) is 77.7 Å². The fourth-order valence-corrected chi connectivity index (χ4v) is 5.35. The number of H-pyrrole nitrogens is 1. The Bertz CT molecular complexity index is 1420. The molecule has 29 heavy (non-hydrogen) atoms. The van der Waals surface area contributed by atoms with E-state index in [1.54, 1.807) is 36.4 Å². The molecular formula is C21H15N3O3S2. The summed E-state index contributed by atoms with van der Waals surface area (Å²) in [5.41, 5.74) is 2.51. The van der Waals surface area contributed by atoms with Crippen molar-refractivity contribution in [2.45, 2.75) is 4.90 Å². The molecule has 0 aliphatic heterocycles. The van der Waals surface area contributed by atoms with Crippen LogP contribution in [0.1, 0.15) is 0 Å². The highest BCUT2D eigenvalue weighted by Gasteiger charge is 2.19. The van der Waals surface area contributed by atoms with Crippen LogP contribution in [-0.2, 0) is 10.0 Å². The van der Waals surface area contributed by atoms with Crippen LogP contribution in [0.3, 0.4) is 0 Å². The van der Waals surface area contributed by atoms with Crippen molar-refractivity contribution in [1.82, 2.24) is 9.97 Å². The molecular weight excluding hydrogens is 406 g/mol. The zero-order chi connectivity index (χ0) is 20.0. The van der Waals surface area contributed by atoms with Gasteiger partial charge in [0.05, 0.1) is 20.7 Å². The Morgan fingerprint density at radius 1 is 0.966 bits per heavy atom. The van der Waals surface area contributed by atoms with Gasteiger partial charge in [0.2, 0.25) is 0 Å². The second kappa shape index (κ2) is 6.61. The maximum Gasteiger partial charge on any atom is 0.261 e. The van der Waals surface area contributed by atoms with Crippen LogP contribution in [0, 0.1) is 0 Å². The molecule has 6 nitrogen and oxygen atoms in total. The summed E-state index contributed by atoms with van der Waals surface area (Å²) in [4.78, 5) is 7.74. The highest BCUT2D eigenvalue weighted by molar-refractivity contribution is 7.92. The standard InChI is InChI=1S/C21H15N3O3S2/c25-20-19(21-23-17-8-4-5-9-18(17)28-21)15-12-13(10-11-16(15)22-20)24-29(26,27)14-6-2-1-3-7-14/h1-12,22,24-25H. The lowest BCUT2D eigenvalue weighted by Crippen LogP contribution is -2.12. The van der Waals surface area contributed by atoms with Gasteiger partial charge >= 0.3 is 0 Å². The number of hydrogen-bond acceptors (Lipinski definition) is 5. The number of rotatable bonds is 4. The average Bonchev–Trinajstić information content (AvgIpc) is 3.27. The lowest BCUT2D eigenvalue weighted by atomic mass is 10.1. The maximum absolute atomic E-state index is 12.6. The Kier molecular flexibility index (Phi) is 4.04. The van der Waals surface area contributed by atoms with E-state index < -0.39 is 10.0 Å². The van der Waals surface area contributed by atoms with Gasteiger partial charge in [-0.05, 0) is 42.5 Å². The molecule has 0 amide bonds. The molecule has 0 atom stereocenters. The Balaban J connectivity index is 1.61. The predicted molar refractivity (Wildman–Crippen MR) is 116 cm³/mol. The SMILES string of the molecule is O=S(=O)(Nc1ccc2[nH]c(O)c(-c3nc4ccccc4s3)c2c1)c1ccccc1. The summed E-state index contributed by atoms with van der Waals surface area (Å²) in [5.74, 6) is 0.00197. The summed E-state index contributed by atoms with van der Waals surface area (Å²) in [6.45, 7) is 0. The molecule has 0 aliphatic carbocycles. The zero-order valence-corrected chi connectivity index (χ0v) is 16.6. The Labute approximate surface area is 170 Å². The zero-order valence-electron chi connectivity index (χ0n) is 15.0. The molecule has 5 aromatic rings. The summed E-state index contributed by atoms with van der Waals surface area (Å²) < 4.78 is 28.9. The normalized spacial score (nSPS) is 11.9. The van der Waals surface area contributed by atoms with Crippen LogP contribution in [0.2, 0.25) is 0 Å². The number of nitrogens with one attached hydrogen (secondary N) is 2. The van der Waals surface area contributed by atoms with Crippen LogP contribution in [0.4, 0.5) is 5.69 Å². The Hall–Kier alpha value is -3.36. The minimum Gasteiger partial charge on any atom is -0.494 e. The van der Waals surface area contributed by atoms with E-state index in [0.717, 1.165) is 10.2 Å². The van der Waals surface area contributed by atoms with Crippen molar-refractivity contribution in [1.29, 1.82) is 0 Å². The number of sulfonamides is 1. The van der Waals surface area contributed by atoms with E-state index >= 15 is 0 Å². The van der Waals surface area contributed by atoms with Gasteiger partial charge in [0.25, 0.3) is 10.0 Å². The highest BCUT2D eigenvalue weighted by Crippen LogP contribution is 2.41. The summed E-state index contributed by atoms with van der Waals surface area (Å²) in [7, 11) is -3.71. The lowest BCUT2D eigenvalue weighted by molar-refractivity contribution is 0.460. The molecule has 0 saturated carbocycles. The third kappa shape index (κ3) is 3.12. The first kappa shape index (κ1) is 17.7. The molecule has 0 spiro atoms. The first-order chi connectivity index (χ1) is 14.0. The van der Waals surface area contributed by atoms with Crippen LogP contribution in [-0.4, -0.2) is 23.5 Å². The second-order valence-corrected chi connectivity index (χ2v) is 9.23. The number of aromatic nitrogens is 2. The van der Waals surface area contributed by atoms with Crippen molar-refractivity contribution in [2.24, 2.45) is 0 Å². The van der Waals surface area contributed by atoms with Crippen molar-refractivity contribution in [3.8, 4) is 16.5 Å². The minimum absolute atomic E-state index is 0.00197. The minimum atomic E-state index is -3.71. The van der Waals surface area contributed by atoms with Gasteiger partial charge in [0.15, 0.2) is 5.88 Å². The number of anilines is 1. The molecule has 3 aromatic carbocycles. The van der Waals surface area contributed by atoms with E-state index in [1.165, 1.54) is 23.5 Å². The van der Waals surface area contributed by atoms with Gasteiger partial charge in [-0.1, -0.05) is 30.3 Å². The van der Waals surface area contributed by atoms with Crippen molar-refractivity contribution in [3.05, 3.63) is 72.8 Å². The van der Waals surface area contributed by atoms with E-state index in [-0.39, 0.29) is 10.8 Å². The fraction of sp³-hybridized carbons (Fsp3) is 0. The fourth-order valence-electron chi connectivity index (χ4n) is 3.25. The molecule has 3 N–H and O–H groups in total. The smallest absolute Gasteiger partial charge is 0.261 e. The summed E-state index contributed by atoms with van der Waals surface area (Å²) in [5, 5.41) is 11.8. The quantitative estimate of drug-likeness (QED) is 0.383. The number of aromatic amines is 1. The third-order valence-corrected chi connectivity index (χ3v) is 7.04. The van der Waals surface area contributed by atoms with Crippen molar-refractivity contribution < 1.29 is 13.5 Å². The number of nitrogens with zero attached hydrogens (tertiary/aromatic N) is 1. The number of para-hydroxylation sites is 1. The van der Waals surface area contributed by atoms with Crippen molar-refractivity contribution in [3.63, 3.8) is 0 Å². The molecule has 8 heteroatoms. The summed E-state index contributed by atoms with van der Waals surface area (Å²) in [6.07, 6.45) is 0. The molecule has 0 saturated heterocycles. The summed E-state index contributed by atoms with van der Waals surface area (Å²) in [6, 6.07) is 21.0. The van der Waals surface area contributed by atoms with Gasteiger partial charge < -0.3 is 10.1 Å². The molecule has 0 fully saturated rings. The van der Waals surface area contributed by atoms with E-state index in [0.29, 0.717) is 27.2 Å². The third-order valence-electron chi connectivity index (χ3n) is 4.59. The molecule has 144 valence electrons. The molecule has 2 heterocycles. The first-order valence-corrected chi connectivity index (χ1v) is 11.1. The van der Waals surface area contributed by atoms with E-state index in [4.69, 9.17) is 0 Å². The van der Waals surface area contributed by atoms with E-state index in [9.17, 15) is 13.5 Å². The molecule has 2 aromatic heterocycles. The molecule has 5 rings (SSSR count). The van der Waals surface area contributed by atoms with Crippen molar-refractivity contribution in [2.75, 3.05) is 4.72 Å². The highest BCUT2D eigenvalue weighted by atomic mass is 32.2. The number of hydrogen-bond donors (Lipinski definition) is 3. The topological polar surface area (TPSA) is 95.1 Å². The number of aromatic hydroxyl groups is 1. The number of thiazole rings is 1. The molecule has 0 bridgehead atoms. The second-order valence-electron chi connectivity index (χ2n) is 6.51. The van der Waals surface area contributed by atoms with Gasteiger partial charge in [0, 0.05) is 16.6 Å². The van der Waals surface area contributed by atoms with Gasteiger partial charge in [-0.2, -0.15) is 0 Å². The Morgan fingerprint density at radius 3 is 2.52 bits per heavy atom. The van der Waals surface area contributed by atoms with Crippen LogP contribution >= 0.6 is 11.3 Å². The number of fused-ring (bicyclic) bond motifs is 2. The van der Waals surface area contributed by atoms with Crippen LogP contribution in [0.25, 0.3) is 31.7 Å². The van der Waals surface area contributed by atoms with Gasteiger partial charge in [0.1, 0.15) is 5.01 Å². The molecule has 0 unspecified atom stereocenters. The van der Waals surface area contributed by atoms with E-state index in [1.807, 2.05) is 24.3 Å². The average molecular weight is 422 g/mol. The largest absolute Gasteiger partial charge is 0.494 e. The molecule has 0 radical (unpaired) electrons. The predicted octanol–water partition coefficient (Wildman–Crippen LogP) is 4.95. The lowest BCUT2D eigenvalue weighted by Gasteiger charge is -2.08. The maximum atomic E-state index is 12.6. The van der Waals surface area contributed by atoms with Gasteiger partial charge in [-0.15, -0.1) is 11.3 Å². The van der Waals surface area contributed by atoms with Crippen molar-refractivity contribution >= 4 is 48.2 Å². The summed E-state index contributed by atoms with van der Waals surface area (Å²) >= 11 is 1.47. The van der Waals surface area contributed by atoms with Gasteiger partial charge in [-0.25, -0.2) is 13.4 Å². The molecule has 0 aliphatic rings. The Morgan fingerprint density at radius 2 is 1.72 bits per heavy atom.